The van der Waals surface area contributed by atoms with Crippen LogP contribution in [-0.4, -0.2) is 36.1 Å². The Labute approximate surface area is 132 Å². The first-order valence-corrected chi connectivity index (χ1v) is 8.62. The van der Waals surface area contributed by atoms with Crippen molar-refractivity contribution < 1.29 is 9.53 Å². The van der Waals surface area contributed by atoms with E-state index >= 15 is 0 Å². The number of amides is 1. The predicted octanol–water partition coefficient (Wildman–Crippen LogP) is 2.92. The molecule has 4 atom stereocenters. The van der Waals surface area contributed by atoms with E-state index in [-0.39, 0.29) is 17.4 Å². The molecule has 0 spiro atoms. The van der Waals surface area contributed by atoms with Crippen molar-refractivity contribution in [1.82, 2.24) is 4.90 Å². The molecule has 4 rings (SSSR count). The first-order chi connectivity index (χ1) is 10.6. The van der Waals surface area contributed by atoms with Gasteiger partial charge in [-0.05, 0) is 48.1 Å². The fraction of sp³-hybridized carbons (Fsp3) is 0.632. The maximum atomic E-state index is 12.9. The van der Waals surface area contributed by atoms with Gasteiger partial charge in [0.1, 0.15) is 6.10 Å². The van der Waals surface area contributed by atoms with E-state index in [0.29, 0.717) is 12.0 Å². The van der Waals surface area contributed by atoms with Crippen molar-refractivity contribution in [3.8, 4) is 0 Å². The van der Waals surface area contributed by atoms with Gasteiger partial charge in [-0.15, -0.1) is 0 Å². The number of carbonyl (C=O) groups is 1. The Balaban J connectivity index is 1.67. The number of rotatable bonds is 1. The Morgan fingerprint density at radius 1 is 1.36 bits per heavy atom. The van der Waals surface area contributed by atoms with Crippen LogP contribution in [0.3, 0.4) is 0 Å². The Morgan fingerprint density at radius 3 is 2.95 bits per heavy atom. The Morgan fingerprint density at radius 2 is 2.18 bits per heavy atom. The Bertz CT molecular complexity index is 593. The van der Waals surface area contributed by atoms with Crippen molar-refractivity contribution in [2.24, 2.45) is 5.92 Å². The number of nitrogens with zero attached hydrogens (tertiary/aromatic N) is 1. The molecule has 0 saturated carbocycles. The van der Waals surface area contributed by atoms with Crippen molar-refractivity contribution in [2.45, 2.75) is 57.1 Å². The van der Waals surface area contributed by atoms with Gasteiger partial charge in [-0.3, -0.25) is 4.79 Å². The summed E-state index contributed by atoms with van der Waals surface area (Å²) in [4.78, 5) is 15.0. The number of fused-ring (bicyclic) bond motifs is 4. The standard InChI is InChI=1S/C19H25NO2/c1-13-16-12-14-6-3-4-7-15(14)19(13,2)9-10-20(16)18(21)17-8-5-11-22-17/h3-4,6-7,13,16-17H,5,8-12H2,1-2H3/t13-,16-,17?,19-/m1/s1. The Kier molecular flexibility index (Phi) is 3.30. The van der Waals surface area contributed by atoms with Crippen LogP contribution in [0.4, 0.5) is 0 Å². The van der Waals surface area contributed by atoms with Crippen molar-refractivity contribution in [3.63, 3.8) is 0 Å². The van der Waals surface area contributed by atoms with Gasteiger partial charge in [0.05, 0.1) is 0 Å². The summed E-state index contributed by atoms with van der Waals surface area (Å²) in [5.41, 5.74) is 3.13. The summed E-state index contributed by atoms with van der Waals surface area (Å²) in [5.74, 6) is 0.734. The molecule has 3 nitrogen and oxygen atoms in total. The molecule has 1 aromatic carbocycles. The SMILES string of the molecule is C[C@@H]1[C@H]2Cc3ccccc3[C@]1(C)CCN2C(=O)C1CCCO1. The number of carbonyl (C=O) groups excluding carboxylic acids is 1. The minimum absolute atomic E-state index is 0.186. The third-order valence-electron chi connectivity index (χ3n) is 6.40. The van der Waals surface area contributed by atoms with Gasteiger partial charge in [-0.1, -0.05) is 38.1 Å². The van der Waals surface area contributed by atoms with Crippen LogP contribution >= 0.6 is 0 Å². The van der Waals surface area contributed by atoms with Crippen LogP contribution in [0.2, 0.25) is 0 Å². The lowest BCUT2D eigenvalue weighted by atomic mass is 9.59. The average Bonchev–Trinajstić information content (AvgIpc) is 3.05. The number of piperidine rings is 1. The number of hydrogen-bond donors (Lipinski definition) is 0. The van der Waals surface area contributed by atoms with E-state index in [2.05, 4.69) is 43.0 Å². The summed E-state index contributed by atoms with van der Waals surface area (Å²) in [5, 5.41) is 0. The molecule has 0 radical (unpaired) electrons. The summed E-state index contributed by atoms with van der Waals surface area (Å²) >= 11 is 0. The maximum Gasteiger partial charge on any atom is 0.251 e. The molecule has 2 bridgehead atoms. The molecule has 3 heteroatoms. The van der Waals surface area contributed by atoms with Gasteiger partial charge in [-0.25, -0.2) is 0 Å². The maximum absolute atomic E-state index is 12.9. The minimum Gasteiger partial charge on any atom is -0.368 e. The van der Waals surface area contributed by atoms with E-state index in [9.17, 15) is 4.79 Å². The number of ether oxygens (including phenoxy) is 1. The molecular weight excluding hydrogens is 274 g/mol. The largest absolute Gasteiger partial charge is 0.368 e. The van der Waals surface area contributed by atoms with Crippen LogP contribution in [0.25, 0.3) is 0 Å². The van der Waals surface area contributed by atoms with Gasteiger partial charge in [0.25, 0.3) is 5.91 Å². The number of likely N-dealkylation sites (tertiary alicyclic amines) is 1. The van der Waals surface area contributed by atoms with Crippen LogP contribution in [0.5, 0.6) is 0 Å². The third-order valence-corrected chi connectivity index (χ3v) is 6.40. The number of benzene rings is 1. The lowest BCUT2D eigenvalue weighted by Crippen LogP contribution is -2.61. The van der Waals surface area contributed by atoms with Crippen molar-refractivity contribution in [1.29, 1.82) is 0 Å². The van der Waals surface area contributed by atoms with Gasteiger partial charge >= 0.3 is 0 Å². The Hall–Kier alpha value is -1.35. The van der Waals surface area contributed by atoms with Crippen LogP contribution in [0.1, 0.15) is 44.2 Å². The lowest BCUT2D eigenvalue weighted by Gasteiger charge is -2.54. The molecule has 3 aliphatic rings. The molecule has 1 unspecified atom stereocenters. The molecule has 1 amide bonds. The van der Waals surface area contributed by atoms with Gasteiger partial charge in [-0.2, -0.15) is 0 Å². The van der Waals surface area contributed by atoms with Gasteiger partial charge < -0.3 is 9.64 Å². The molecule has 2 aliphatic heterocycles. The molecule has 2 fully saturated rings. The molecule has 22 heavy (non-hydrogen) atoms. The topological polar surface area (TPSA) is 29.5 Å². The summed E-state index contributed by atoms with van der Waals surface area (Å²) in [6.07, 6.45) is 3.77. The van der Waals surface area contributed by atoms with E-state index in [0.717, 1.165) is 38.8 Å². The zero-order valence-electron chi connectivity index (χ0n) is 13.5. The highest BCUT2D eigenvalue weighted by Crippen LogP contribution is 2.48. The molecular formula is C19H25NO2. The second-order valence-electron chi connectivity index (χ2n) is 7.42. The van der Waals surface area contributed by atoms with E-state index in [4.69, 9.17) is 4.74 Å². The molecule has 1 aliphatic carbocycles. The second-order valence-corrected chi connectivity index (χ2v) is 7.42. The van der Waals surface area contributed by atoms with E-state index in [1.165, 1.54) is 11.1 Å². The van der Waals surface area contributed by atoms with Gasteiger partial charge in [0.15, 0.2) is 0 Å². The molecule has 0 N–H and O–H groups in total. The summed E-state index contributed by atoms with van der Waals surface area (Å²) in [7, 11) is 0. The fourth-order valence-electron chi connectivity index (χ4n) is 4.82. The van der Waals surface area contributed by atoms with Crippen LogP contribution in [0.15, 0.2) is 24.3 Å². The highest BCUT2D eigenvalue weighted by atomic mass is 16.5. The fourth-order valence-corrected chi connectivity index (χ4v) is 4.82. The zero-order valence-corrected chi connectivity index (χ0v) is 13.5. The van der Waals surface area contributed by atoms with Gasteiger partial charge in [0.2, 0.25) is 0 Å². The highest BCUT2D eigenvalue weighted by Gasteiger charge is 2.50. The quantitative estimate of drug-likeness (QED) is 0.798. The first-order valence-electron chi connectivity index (χ1n) is 8.62. The second kappa shape index (κ2) is 5.09. The average molecular weight is 299 g/mol. The van der Waals surface area contributed by atoms with E-state index in [1.54, 1.807) is 0 Å². The predicted molar refractivity (Wildman–Crippen MR) is 85.8 cm³/mol. The first kappa shape index (κ1) is 14.3. The highest BCUT2D eigenvalue weighted by molar-refractivity contribution is 5.82. The van der Waals surface area contributed by atoms with Crippen LogP contribution in [-0.2, 0) is 21.4 Å². The lowest BCUT2D eigenvalue weighted by molar-refractivity contribution is -0.148. The molecule has 2 heterocycles. The van der Waals surface area contributed by atoms with Crippen LogP contribution < -0.4 is 0 Å². The van der Waals surface area contributed by atoms with E-state index < -0.39 is 0 Å². The number of hydrogen-bond acceptors (Lipinski definition) is 2. The normalized spacial score (nSPS) is 37.0. The summed E-state index contributed by atoms with van der Waals surface area (Å²) < 4.78 is 5.64. The minimum atomic E-state index is -0.186. The monoisotopic (exact) mass is 299 g/mol. The molecule has 118 valence electrons. The van der Waals surface area contributed by atoms with Crippen LogP contribution in [0, 0.1) is 5.92 Å². The van der Waals surface area contributed by atoms with Crippen molar-refractivity contribution >= 4 is 5.91 Å². The molecule has 2 saturated heterocycles. The molecule has 1 aromatic rings. The molecule has 0 aromatic heterocycles. The van der Waals surface area contributed by atoms with E-state index in [1.807, 2.05) is 0 Å². The van der Waals surface area contributed by atoms with Gasteiger partial charge in [0, 0.05) is 19.2 Å². The third kappa shape index (κ3) is 1.95. The summed E-state index contributed by atoms with van der Waals surface area (Å²) in [6, 6.07) is 9.14. The smallest absolute Gasteiger partial charge is 0.251 e. The van der Waals surface area contributed by atoms with Crippen molar-refractivity contribution in [2.75, 3.05) is 13.2 Å². The zero-order chi connectivity index (χ0) is 15.3. The van der Waals surface area contributed by atoms with Crippen molar-refractivity contribution in [3.05, 3.63) is 35.4 Å². The summed E-state index contributed by atoms with van der Waals surface area (Å²) in [6.45, 7) is 6.33.